The van der Waals surface area contributed by atoms with Crippen LogP contribution in [0.3, 0.4) is 0 Å². The van der Waals surface area contributed by atoms with Gasteiger partial charge in [-0.15, -0.1) is 0 Å². The Labute approximate surface area is 234 Å². The number of aromatic nitrogens is 2. The molecule has 1 aromatic heterocycles. The maximum absolute atomic E-state index is 8.96. The molecule has 1 saturated carbocycles. The lowest BCUT2D eigenvalue weighted by Crippen LogP contribution is -2.23. The number of nitriles is 1. The third-order valence-corrected chi connectivity index (χ3v) is 8.67. The van der Waals surface area contributed by atoms with Crippen LogP contribution >= 0.6 is 11.6 Å². The molecule has 0 amide bonds. The fraction of sp³-hybridized carbons (Fsp3) is 0.515. The molecule has 5 heteroatoms. The molecule has 1 aromatic carbocycles. The number of hydrogen-bond donors (Lipinski definition) is 1. The summed E-state index contributed by atoms with van der Waals surface area (Å²) in [5, 5.41) is 15.2. The Morgan fingerprint density at radius 1 is 1.21 bits per heavy atom. The molecule has 2 N–H and O–H groups in total. The molecule has 4 rings (SSSR count). The van der Waals surface area contributed by atoms with E-state index in [0.29, 0.717) is 11.5 Å². The zero-order valence-electron chi connectivity index (χ0n) is 23.0. The number of allylic oxidation sites excluding steroid dienone is 5. The van der Waals surface area contributed by atoms with Gasteiger partial charge >= 0.3 is 0 Å². The highest BCUT2D eigenvalue weighted by molar-refractivity contribution is 6.30. The van der Waals surface area contributed by atoms with Gasteiger partial charge in [-0.3, -0.25) is 4.68 Å². The Hall–Kier alpha value is -2.61. The zero-order valence-corrected chi connectivity index (χ0v) is 23.7. The Morgan fingerprint density at radius 3 is 2.63 bits per heavy atom. The maximum atomic E-state index is 8.96. The van der Waals surface area contributed by atoms with E-state index in [1.54, 1.807) is 0 Å². The van der Waals surface area contributed by atoms with Crippen LogP contribution in [-0.2, 0) is 13.0 Å². The van der Waals surface area contributed by atoms with Crippen LogP contribution in [0, 0.1) is 23.2 Å². The third-order valence-electron chi connectivity index (χ3n) is 8.38. The van der Waals surface area contributed by atoms with E-state index in [4.69, 9.17) is 27.7 Å². The molecule has 38 heavy (non-hydrogen) atoms. The van der Waals surface area contributed by atoms with Crippen molar-refractivity contribution in [3.63, 3.8) is 0 Å². The largest absolute Gasteiger partial charge is 0.328 e. The summed E-state index contributed by atoms with van der Waals surface area (Å²) in [6, 6.07) is 13.0. The van der Waals surface area contributed by atoms with Gasteiger partial charge in [0.1, 0.15) is 5.69 Å². The molecule has 2 aromatic rings. The number of nitrogens with zero attached hydrogens (tertiary/aromatic N) is 3. The van der Waals surface area contributed by atoms with Crippen LogP contribution in [0.2, 0.25) is 0 Å². The fourth-order valence-electron chi connectivity index (χ4n) is 5.98. The molecule has 0 spiro atoms. The number of rotatable bonds is 12. The van der Waals surface area contributed by atoms with E-state index >= 15 is 0 Å². The van der Waals surface area contributed by atoms with E-state index in [-0.39, 0.29) is 6.04 Å². The number of nitrogens with two attached hydrogens (primary N) is 1. The molecule has 1 fully saturated rings. The molecule has 1 unspecified atom stereocenters. The monoisotopic (exact) mass is 530 g/mol. The quantitative estimate of drug-likeness (QED) is 0.279. The molecule has 1 heterocycles. The predicted octanol–water partition coefficient (Wildman–Crippen LogP) is 8.58. The molecule has 2 aliphatic carbocycles. The predicted molar refractivity (Wildman–Crippen MR) is 159 cm³/mol. The highest BCUT2D eigenvalue weighted by Gasteiger charge is 2.26. The van der Waals surface area contributed by atoms with Crippen LogP contribution in [0.25, 0.3) is 16.8 Å². The first-order valence-electron chi connectivity index (χ1n) is 14.5. The van der Waals surface area contributed by atoms with Crippen molar-refractivity contribution in [2.75, 3.05) is 0 Å². The number of hydrogen-bond acceptors (Lipinski definition) is 3. The second kappa shape index (κ2) is 14.0. The summed E-state index contributed by atoms with van der Waals surface area (Å²) in [4.78, 5) is 0. The smallest absolute Gasteiger partial charge is 0.100 e. The first-order chi connectivity index (χ1) is 18.5. The Bertz CT molecular complexity index is 1180. The molecule has 202 valence electrons. The van der Waals surface area contributed by atoms with E-state index in [2.05, 4.69) is 66.7 Å². The zero-order chi connectivity index (χ0) is 26.9. The fourth-order valence-corrected chi connectivity index (χ4v) is 6.20. The summed E-state index contributed by atoms with van der Waals surface area (Å²) in [5.74, 6) is 1.40. The van der Waals surface area contributed by atoms with Crippen molar-refractivity contribution in [1.29, 1.82) is 5.26 Å². The summed E-state index contributed by atoms with van der Waals surface area (Å²) in [7, 11) is 0. The second-order valence-corrected chi connectivity index (χ2v) is 11.7. The van der Waals surface area contributed by atoms with Gasteiger partial charge in [-0.05, 0) is 81.3 Å². The molecule has 1 atom stereocenters. The van der Waals surface area contributed by atoms with Crippen LogP contribution in [0.5, 0.6) is 0 Å². The average Bonchev–Trinajstić information content (AvgIpc) is 3.30. The van der Waals surface area contributed by atoms with Gasteiger partial charge in [-0.1, -0.05) is 80.8 Å². The lowest BCUT2D eigenvalue weighted by atomic mass is 9.79. The lowest BCUT2D eigenvalue weighted by Gasteiger charge is -2.29. The SMILES string of the molecule is C=C(C#N)CCCC1CCC(Cn2nc(-c3ccccc3)c(C3=CCCC(Cl)=C3)c2CCC(N)CC)CC1. The molecule has 0 saturated heterocycles. The van der Waals surface area contributed by atoms with Crippen LogP contribution in [0.1, 0.15) is 88.8 Å². The third kappa shape index (κ3) is 7.49. The van der Waals surface area contributed by atoms with Crippen molar-refractivity contribution in [3.8, 4) is 17.3 Å². The molecule has 4 nitrogen and oxygen atoms in total. The van der Waals surface area contributed by atoms with Gasteiger partial charge in [-0.25, -0.2) is 0 Å². The van der Waals surface area contributed by atoms with Crippen LogP contribution in [0.4, 0.5) is 0 Å². The summed E-state index contributed by atoms with van der Waals surface area (Å²) < 4.78 is 2.32. The lowest BCUT2D eigenvalue weighted by molar-refractivity contribution is 0.233. The first kappa shape index (κ1) is 28.4. The van der Waals surface area contributed by atoms with Gasteiger partial charge in [0.15, 0.2) is 0 Å². The van der Waals surface area contributed by atoms with Crippen molar-refractivity contribution in [2.24, 2.45) is 17.6 Å². The van der Waals surface area contributed by atoms with Crippen molar-refractivity contribution in [3.05, 3.63) is 70.9 Å². The summed E-state index contributed by atoms with van der Waals surface area (Å²) in [6.45, 7) is 6.95. The van der Waals surface area contributed by atoms with E-state index in [9.17, 15) is 0 Å². The maximum Gasteiger partial charge on any atom is 0.100 e. The van der Waals surface area contributed by atoms with Gasteiger partial charge in [0, 0.05) is 40.0 Å². The van der Waals surface area contributed by atoms with Gasteiger partial charge in [0.25, 0.3) is 0 Å². The van der Waals surface area contributed by atoms with E-state index in [1.807, 2.05) is 0 Å². The molecule has 0 radical (unpaired) electrons. The average molecular weight is 531 g/mol. The van der Waals surface area contributed by atoms with Crippen molar-refractivity contribution in [2.45, 2.75) is 96.6 Å². The minimum Gasteiger partial charge on any atom is -0.328 e. The van der Waals surface area contributed by atoms with Gasteiger partial charge in [-0.2, -0.15) is 10.4 Å². The highest BCUT2D eigenvalue weighted by Crippen LogP contribution is 2.38. The summed E-state index contributed by atoms with van der Waals surface area (Å²) >= 11 is 6.55. The second-order valence-electron chi connectivity index (χ2n) is 11.2. The summed E-state index contributed by atoms with van der Waals surface area (Å²) in [5.41, 5.74) is 13.1. The van der Waals surface area contributed by atoms with Crippen molar-refractivity contribution in [1.82, 2.24) is 9.78 Å². The normalized spacial score (nSPS) is 20.4. The van der Waals surface area contributed by atoms with E-state index < -0.39 is 0 Å². The minimum atomic E-state index is 0.193. The van der Waals surface area contributed by atoms with Gasteiger partial charge in [0.05, 0.1) is 6.07 Å². The van der Waals surface area contributed by atoms with E-state index in [1.165, 1.54) is 48.9 Å². The highest BCUT2D eigenvalue weighted by atomic mass is 35.5. The standard InChI is InChI=1S/C33H43ClN4/c1-3-30(36)19-20-31-32(28-13-8-14-29(34)21-28)33(27-11-5-4-6-12-27)37-38(31)23-26-17-15-25(16-18-26)10-7-9-24(2)22-35/h4-6,11-13,21,25-26,30H,2-3,7-10,14-20,23,36H2,1H3. The van der Waals surface area contributed by atoms with Crippen molar-refractivity contribution >= 4 is 17.2 Å². The molecule has 0 bridgehead atoms. The van der Waals surface area contributed by atoms with E-state index in [0.717, 1.165) is 73.7 Å². The topological polar surface area (TPSA) is 67.6 Å². The Balaban J connectivity index is 1.58. The van der Waals surface area contributed by atoms with Crippen LogP contribution in [-0.4, -0.2) is 15.8 Å². The number of halogens is 1. The van der Waals surface area contributed by atoms with Gasteiger partial charge < -0.3 is 5.73 Å². The van der Waals surface area contributed by atoms with Crippen LogP contribution in [0.15, 0.2) is 59.7 Å². The first-order valence-corrected chi connectivity index (χ1v) is 14.9. The molecule has 0 aliphatic heterocycles. The minimum absolute atomic E-state index is 0.193. The van der Waals surface area contributed by atoms with Crippen molar-refractivity contribution < 1.29 is 0 Å². The van der Waals surface area contributed by atoms with Gasteiger partial charge in [0.2, 0.25) is 0 Å². The van der Waals surface area contributed by atoms with Crippen LogP contribution < -0.4 is 5.73 Å². The number of benzene rings is 1. The Morgan fingerprint density at radius 2 is 1.95 bits per heavy atom. The summed E-state index contributed by atoms with van der Waals surface area (Å²) in [6.07, 6.45) is 17.3. The molecular weight excluding hydrogens is 488 g/mol. The molecule has 2 aliphatic rings. The Kier molecular flexibility index (Phi) is 10.4. The molecular formula is C33H43ClN4.